The molecule has 37 heavy (non-hydrogen) atoms. The highest BCUT2D eigenvalue weighted by Crippen LogP contribution is 2.49. The van der Waals surface area contributed by atoms with Crippen molar-refractivity contribution in [2.24, 2.45) is 0 Å². The molecule has 4 aromatic rings. The van der Waals surface area contributed by atoms with E-state index in [1.54, 1.807) is 58.8 Å². The minimum atomic E-state index is 1.18. The molecule has 0 atom stereocenters. The molecule has 0 aliphatic heterocycles. The molecule has 184 valence electrons. The Balaban J connectivity index is 1.94. The van der Waals surface area contributed by atoms with Crippen LogP contribution >= 0.6 is 58.8 Å². The predicted molar refractivity (Wildman–Crippen MR) is 172 cm³/mol. The van der Waals surface area contributed by atoms with Crippen LogP contribution in [0.5, 0.6) is 0 Å². The van der Waals surface area contributed by atoms with Gasteiger partial charge in [0.05, 0.1) is 0 Å². The molecule has 4 rings (SSSR count). The van der Waals surface area contributed by atoms with E-state index in [-0.39, 0.29) is 0 Å². The van der Waals surface area contributed by atoms with Gasteiger partial charge in [0.25, 0.3) is 0 Å². The molecule has 0 saturated heterocycles. The van der Waals surface area contributed by atoms with Gasteiger partial charge in [0, 0.05) is 40.5 Å². The van der Waals surface area contributed by atoms with Crippen molar-refractivity contribution in [3.63, 3.8) is 0 Å². The quantitative estimate of drug-likeness (QED) is 0.155. The summed E-state index contributed by atoms with van der Waals surface area (Å²) in [5.41, 5.74) is 4.81. The first-order valence-electron chi connectivity index (χ1n) is 11.4. The summed E-state index contributed by atoms with van der Waals surface area (Å²) in [7, 11) is 0. The van der Waals surface area contributed by atoms with Crippen molar-refractivity contribution < 1.29 is 0 Å². The van der Waals surface area contributed by atoms with Crippen molar-refractivity contribution in [2.45, 2.75) is 29.4 Å². The van der Waals surface area contributed by atoms with E-state index in [9.17, 15) is 0 Å². The van der Waals surface area contributed by atoms with Crippen molar-refractivity contribution in [3.05, 3.63) is 133 Å². The van der Waals surface area contributed by atoms with E-state index in [0.717, 1.165) is 0 Å². The van der Waals surface area contributed by atoms with Gasteiger partial charge in [0.15, 0.2) is 0 Å². The first kappa shape index (κ1) is 27.6. The van der Waals surface area contributed by atoms with Gasteiger partial charge in [-0.05, 0) is 69.2 Å². The van der Waals surface area contributed by atoms with E-state index >= 15 is 0 Å². The zero-order chi connectivity index (χ0) is 26.0. The van der Waals surface area contributed by atoms with Crippen LogP contribution in [0, 0.1) is 0 Å². The average molecular weight is 571 g/mol. The molecule has 0 bridgehead atoms. The summed E-state index contributed by atoms with van der Waals surface area (Å²) in [5.74, 6) is 0. The molecule has 0 amide bonds. The third-order valence-corrected chi connectivity index (χ3v) is 9.54. The Hall–Kier alpha value is -2.41. The van der Waals surface area contributed by atoms with Crippen LogP contribution in [0.1, 0.15) is 0 Å². The largest absolute Gasteiger partial charge is 0.0980 e. The summed E-state index contributed by atoms with van der Waals surface area (Å²) in [4.78, 5) is 7.11. The standard InChI is InChI=1S/C32H26S5/c1-5-33-25-17-11-9-15-23(25)31-27(35-7-3)19-13-21-29(31)37-30-22-14-20-28(36-8-4)32(30)24-16-10-12-18-26(24)34-6-2/h5-22H,1-4H2. The monoisotopic (exact) mass is 570 g/mol. The lowest BCUT2D eigenvalue weighted by molar-refractivity contribution is 1.27. The number of hydrogen-bond donors (Lipinski definition) is 0. The van der Waals surface area contributed by atoms with Crippen molar-refractivity contribution in [2.75, 3.05) is 0 Å². The van der Waals surface area contributed by atoms with E-state index in [1.165, 1.54) is 51.6 Å². The Morgan fingerprint density at radius 1 is 0.378 bits per heavy atom. The number of benzene rings is 4. The highest BCUT2D eigenvalue weighted by atomic mass is 32.2. The Bertz CT molecular complexity index is 1330. The molecular formula is C32H26S5. The third-order valence-electron chi connectivity index (χ3n) is 5.35. The number of hydrogen-bond acceptors (Lipinski definition) is 5. The van der Waals surface area contributed by atoms with Gasteiger partial charge in [-0.25, -0.2) is 0 Å². The van der Waals surface area contributed by atoms with E-state index in [4.69, 9.17) is 0 Å². The zero-order valence-electron chi connectivity index (χ0n) is 20.3. The van der Waals surface area contributed by atoms with Gasteiger partial charge < -0.3 is 0 Å². The topological polar surface area (TPSA) is 0 Å². The van der Waals surface area contributed by atoms with Crippen LogP contribution < -0.4 is 0 Å². The minimum Gasteiger partial charge on any atom is -0.0980 e. The summed E-state index contributed by atoms with van der Waals surface area (Å²) in [6.07, 6.45) is 0. The first-order chi connectivity index (χ1) is 18.2. The lowest BCUT2D eigenvalue weighted by atomic mass is 10.1. The Morgan fingerprint density at radius 3 is 1.11 bits per heavy atom. The van der Waals surface area contributed by atoms with Crippen LogP contribution in [0.25, 0.3) is 22.3 Å². The Labute approximate surface area is 241 Å². The van der Waals surface area contributed by atoms with Crippen LogP contribution in [0.4, 0.5) is 0 Å². The number of rotatable bonds is 12. The summed E-state index contributed by atoms with van der Waals surface area (Å²) in [5, 5.41) is 7.56. The van der Waals surface area contributed by atoms with Crippen LogP contribution in [0.3, 0.4) is 0 Å². The molecule has 0 aliphatic carbocycles. The summed E-state index contributed by atoms with van der Waals surface area (Å²) < 4.78 is 0. The van der Waals surface area contributed by atoms with Gasteiger partial charge in [0.1, 0.15) is 0 Å². The highest BCUT2D eigenvalue weighted by Gasteiger charge is 2.19. The second-order valence-corrected chi connectivity index (χ2v) is 12.6. The van der Waals surface area contributed by atoms with Gasteiger partial charge in [-0.15, -0.1) is 0 Å². The molecule has 0 radical (unpaired) electrons. The molecule has 0 unspecified atom stereocenters. The molecule has 4 aromatic carbocycles. The maximum Gasteiger partial charge on any atom is 0.0212 e. The number of thioether (sulfide) groups is 4. The summed E-state index contributed by atoms with van der Waals surface area (Å²) in [6, 6.07) is 30.1. The maximum absolute atomic E-state index is 3.99. The molecule has 0 spiro atoms. The van der Waals surface area contributed by atoms with Crippen LogP contribution in [-0.4, -0.2) is 0 Å². The fourth-order valence-corrected chi connectivity index (χ4v) is 7.87. The lowest BCUT2D eigenvalue weighted by Gasteiger charge is -2.19. The molecular weight excluding hydrogens is 545 g/mol. The van der Waals surface area contributed by atoms with Crippen molar-refractivity contribution in [3.8, 4) is 22.3 Å². The van der Waals surface area contributed by atoms with Crippen LogP contribution in [0.15, 0.2) is 162 Å². The highest BCUT2D eigenvalue weighted by molar-refractivity contribution is 8.03. The second-order valence-electron chi connectivity index (χ2n) is 7.49. The fraction of sp³-hybridized carbons (Fsp3) is 0. The van der Waals surface area contributed by atoms with Gasteiger partial charge >= 0.3 is 0 Å². The van der Waals surface area contributed by atoms with Gasteiger partial charge in [-0.3, -0.25) is 0 Å². The summed E-state index contributed by atoms with van der Waals surface area (Å²) >= 11 is 8.40. The van der Waals surface area contributed by atoms with E-state index in [2.05, 4.69) is 111 Å². The maximum atomic E-state index is 3.99. The van der Waals surface area contributed by atoms with Crippen LogP contribution in [-0.2, 0) is 0 Å². The molecule has 0 saturated carbocycles. The normalized spacial score (nSPS) is 10.6. The van der Waals surface area contributed by atoms with Gasteiger partial charge in [-0.2, -0.15) is 0 Å². The third kappa shape index (κ3) is 6.54. The van der Waals surface area contributed by atoms with Crippen molar-refractivity contribution >= 4 is 58.8 Å². The second kappa shape index (κ2) is 13.9. The predicted octanol–water partition coefficient (Wildman–Crippen LogP) is 12.1. The minimum absolute atomic E-state index is 1.18. The van der Waals surface area contributed by atoms with Gasteiger partial charge in [0.2, 0.25) is 0 Å². The average Bonchev–Trinajstić information content (AvgIpc) is 2.91. The van der Waals surface area contributed by atoms with Crippen molar-refractivity contribution in [1.29, 1.82) is 0 Å². The van der Waals surface area contributed by atoms with E-state index < -0.39 is 0 Å². The van der Waals surface area contributed by atoms with Gasteiger partial charge in [-0.1, -0.05) is 134 Å². The van der Waals surface area contributed by atoms with E-state index in [0.29, 0.717) is 0 Å². The molecule has 0 N–H and O–H groups in total. The van der Waals surface area contributed by atoms with Crippen molar-refractivity contribution in [1.82, 2.24) is 0 Å². The molecule has 0 heterocycles. The fourth-order valence-electron chi connectivity index (χ4n) is 3.95. The molecule has 0 nitrogen and oxygen atoms in total. The van der Waals surface area contributed by atoms with Crippen LogP contribution in [0.2, 0.25) is 0 Å². The smallest absolute Gasteiger partial charge is 0.0212 e. The SMILES string of the molecule is C=CSc1ccccc1-c1c(SC=C)cccc1Sc1cccc(SC=C)c1-c1ccccc1SC=C. The summed E-state index contributed by atoms with van der Waals surface area (Å²) in [6.45, 7) is 15.9. The Kier molecular flexibility index (Phi) is 10.4. The first-order valence-corrected chi connectivity index (χ1v) is 15.8. The zero-order valence-corrected chi connectivity index (χ0v) is 24.3. The Morgan fingerprint density at radius 2 is 0.703 bits per heavy atom. The molecule has 0 aromatic heterocycles. The lowest BCUT2D eigenvalue weighted by Crippen LogP contribution is -1.92. The molecule has 0 fully saturated rings. The molecule has 5 heteroatoms. The molecule has 0 aliphatic rings. The van der Waals surface area contributed by atoms with E-state index in [1.807, 2.05) is 21.6 Å².